The Kier molecular flexibility index (Phi) is 4.34. The monoisotopic (exact) mass is 307 g/mol. The van der Waals surface area contributed by atoms with Gasteiger partial charge in [0, 0.05) is 12.6 Å². The molecular formula is C16H22ClN3O. The van der Waals surface area contributed by atoms with Crippen LogP contribution in [0.3, 0.4) is 0 Å². The minimum Gasteiger partial charge on any atom is -0.481 e. The first-order chi connectivity index (χ1) is 10.2. The van der Waals surface area contributed by atoms with Crippen molar-refractivity contribution in [1.82, 2.24) is 14.5 Å². The molecule has 0 N–H and O–H groups in total. The molecule has 3 rings (SSSR count). The summed E-state index contributed by atoms with van der Waals surface area (Å²) in [4.78, 5) is 9.25. The Labute approximate surface area is 130 Å². The molecule has 1 fully saturated rings. The first-order valence-electron chi connectivity index (χ1n) is 7.74. The van der Waals surface area contributed by atoms with Crippen LogP contribution < -0.4 is 4.74 Å². The Bertz CT molecular complexity index is 617. The summed E-state index contributed by atoms with van der Waals surface area (Å²) in [6.07, 6.45) is 6.62. The molecule has 2 aromatic rings. The molecule has 0 aliphatic heterocycles. The second-order valence-corrected chi connectivity index (χ2v) is 6.55. The molecular weight excluding hydrogens is 286 g/mol. The Morgan fingerprint density at radius 3 is 2.71 bits per heavy atom. The minimum absolute atomic E-state index is 0.117. The molecule has 0 amide bonds. The molecule has 4 nitrogen and oxygen atoms in total. The minimum atomic E-state index is -0.117. The van der Waals surface area contributed by atoms with Crippen molar-refractivity contribution in [3.63, 3.8) is 0 Å². The van der Waals surface area contributed by atoms with Gasteiger partial charge in [-0.3, -0.25) is 0 Å². The van der Waals surface area contributed by atoms with Crippen LogP contribution in [0.1, 0.15) is 50.2 Å². The van der Waals surface area contributed by atoms with E-state index < -0.39 is 0 Å². The number of imidazole rings is 1. The summed E-state index contributed by atoms with van der Waals surface area (Å²) < 4.78 is 7.45. The number of hydrogen-bond donors (Lipinski definition) is 0. The van der Waals surface area contributed by atoms with E-state index in [9.17, 15) is 0 Å². The lowest BCUT2D eigenvalue weighted by Crippen LogP contribution is -2.16. The fourth-order valence-corrected chi connectivity index (χ4v) is 3.39. The topological polar surface area (TPSA) is 39.9 Å². The fraction of sp³-hybridized carbons (Fsp3) is 0.625. The number of nitrogens with zero attached hydrogens (tertiary/aromatic N) is 3. The second-order valence-electron chi connectivity index (χ2n) is 5.90. The van der Waals surface area contributed by atoms with E-state index in [-0.39, 0.29) is 5.38 Å². The van der Waals surface area contributed by atoms with E-state index in [0.29, 0.717) is 11.8 Å². The summed E-state index contributed by atoms with van der Waals surface area (Å²) in [5.74, 6) is 2.25. The number of methoxy groups -OCH3 is 1. The third-order valence-corrected chi connectivity index (χ3v) is 4.52. The van der Waals surface area contributed by atoms with E-state index in [1.807, 2.05) is 19.1 Å². The summed E-state index contributed by atoms with van der Waals surface area (Å²) >= 11 is 6.33. The largest absolute Gasteiger partial charge is 0.481 e. The molecule has 114 valence electrons. The molecule has 0 aromatic carbocycles. The van der Waals surface area contributed by atoms with Crippen LogP contribution >= 0.6 is 11.6 Å². The number of halogens is 1. The van der Waals surface area contributed by atoms with Crippen molar-refractivity contribution >= 4 is 22.8 Å². The molecule has 0 spiro atoms. The Morgan fingerprint density at radius 2 is 2.05 bits per heavy atom. The molecule has 0 saturated heterocycles. The summed E-state index contributed by atoms with van der Waals surface area (Å²) in [6, 6.07) is 3.81. The molecule has 0 bridgehead atoms. The lowest BCUT2D eigenvalue weighted by atomic mass is 9.89. The average molecular weight is 308 g/mol. The van der Waals surface area contributed by atoms with Crippen molar-refractivity contribution < 1.29 is 4.74 Å². The van der Waals surface area contributed by atoms with E-state index in [2.05, 4.69) is 14.5 Å². The van der Waals surface area contributed by atoms with E-state index in [1.165, 1.54) is 32.1 Å². The number of rotatable bonds is 4. The van der Waals surface area contributed by atoms with Crippen LogP contribution in [0.25, 0.3) is 11.2 Å². The number of fused-ring (bicyclic) bond motifs is 1. The Balaban J connectivity index is 2.01. The van der Waals surface area contributed by atoms with Crippen molar-refractivity contribution in [2.75, 3.05) is 7.11 Å². The third-order valence-electron chi connectivity index (χ3n) is 4.33. The summed E-state index contributed by atoms with van der Waals surface area (Å²) in [7, 11) is 1.64. The van der Waals surface area contributed by atoms with Gasteiger partial charge in [0.25, 0.3) is 0 Å². The van der Waals surface area contributed by atoms with Crippen LogP contribution in [0.15, 0.2) is 12.1 Å². The summed E-state index contributed by atoms with van der Waals surface area (Å²) in [5.41, 5.74) is 1.79. The highest BCUT2D eigenvalue weighted by molar-refractivity contribution is 6.20. The van der Waals surface area contributed by atoms with Gasteiger partial charge in [0.05, 0.1) is 12.5 Å². The van der Waals surface area contributed by atoms with E-state index in [0.717, 1.165) is 23.5 Å². The molecule has 5 heteroatoms. The highest BCUT2D eigenvalue weighted by Gasteiger charge is 2.21. The lowest BCUT2D eigenvalue weighted by molar-refractivity contribution is 0.318. The maximum absolute atomic E-state index is 6.33. The number of alkyl halides is 1. The predicted molar refractivity (Wildman–Crippen MR) is 84.9 cm³/mol. The van der Waals surface area contributed by atoms with Crippen molar-refractivity contribution in [1.29, 1.82) is 0 Å². The van der Waals surface area contributed by atoms with Crippen LogP contribution in [-0.2, 0) is 6.54 Å². The SMILES string of the molecule is COc1ccc2nc(C(C)Cl)n(CC3CCCCC3)c2n1. The third kappa shape index (κ3) is 3.00. The molecule has 1 atom stereocenters. The second kappa shape index (κ2) is 6.22. The van der Waals surface area contributed by atoms with Gasteiger partial charge in [0.15, 0.2) is 5.65 Å². The number of ether oxygens (including phenoxy) is 1. The van der Waals surface area contributed by atoms with Gasteiger partial charge in [-0.2, -0.15) is 4.98 Å². The molecule has 1 aliphatic rings. The van der Waals surface area contributed by atoms with Gasteiger partial charge in [-0.25, -0.2) is 4.98 Å². The zero-order valence-corrected chi connectivity index (χ0v) is 13.4. The number of hydrogen-bond acceptors (Lipinski definition) is 3. The lowest BCUT2D eigenvalue weighted by Gasteiger charge is -2.23. The van der Waals surface area contributed by atoms with Crippen molar-refractivity contribution in [2.45, 2.75) is 50.9 Å². The number of aromatic nitrogens is 3. The van der Waals surface area contributed by atoms with Crippen LogP contribution in [-0.4, -0.2) is 21.6 Å². The van der Waals surface area contributed by atoms with Crippen LogP contribution in [0, 0.1) is 5.92 Å². The molecule has 21 heavy (non-hydrogen) atoms. The first kappa shape index (κ1) is 14.6. The van der Waals surface area contributed by atoms with Gasteiger partial charge in [0.1, 0.15) is 11.3 Å². The molecule has 2 heterocycles. The Hall–Kier alpha value is -1.29. The van der Waals surface area contributed by atoms with Crippen molar-refractivity contribution in [3.05, 3.63) is 18.0 Å². The smallest absolute Gasteiger partial charge is 0.215 e. The van der Waals surface area contributed by atoms with E-state index >= 15 is 0 Å². The normalized spacial score (nSPS) is 18.0. The van der Waals surface area contributed by atoms with Crippen LogP contribution in [0.5, 0.6) is 5.88 Å². The van der Waals surface area contributed by atoms with E-state index in [4.69, 9.17) is 16.3 Å². The maximum Gasteiger partial charge on any atom is 0.215 e. The quantitative estimate of drug-likeness (QED) is 0.790. The van der Waals surface area contributed by atoms with Crippen LogP contribution in [0.4, 0.5) is 0 Å². The summed E-state index contributed by atoms with van der Waals surface area (Å²) in [6.45, 7) is 2.93. The molecule has 1 aliphatic carbocycles. The van der Waals surface area contributed by atoms with Gasteiger partial charge < -0.3 is 9.30 Å². The van der Waals surface area contributed by atoms with Crippen molar-refractivity contribution in [3.8, 4) is 5.88 Å². The Morgan fingerprint density at radius 1 is 1.29 bits per heavy atom. The van der Waals surface area contributed by atoms with Gasteiger partial charge in [-0.1, -0.05) is 19.3 Å². The van der Waals surface area contributed by atoms with Gasteiger partial charge in [-0.05, 0) is 31.7 Å². The highest BCUT2D eigenvalue weighted by Crippen LogP contribution is 2.30. The summed E-state index contributed by atoms with van der Waals surface area (Å²) in [5, 5.41) is -0.117. The van der Waals surface area contributed by atoms with Gasteiger partial charge in [0.2, 0.25) is 5.88 Å². The van der Waals surface area contributed by atoms with E-state index in [1.54, 1.807) is 7.11 Å². The highest BCUT2D eigenvalue weighted by atomic mass is 35.5. The molecule has 2 aromatic heterocycles. The van der Waals surface area contributed by atoms with Crippen molar-refractivity contribution in [2.24, 2.45) is 5.92 Å². The number of pyridine rings is 1. The standard InChI is InChI=1S/C16H22ClN3O/c1-11(17)15-18-13-8-9-14(21-2)19-16(13)20(15)10-12-6-4-3-5-7-12/h8-9,11-12H,3-7,10H2,1-2H3. The molecule has 1 saturated carbocycles. The first-order valence-corrected chi connectivity index (χ1v) is 8.18. The molecule has 0 radical (unpaired) electrons. The van der Waals surface area contributed by atoms with Gasteiger partial charge >= 0.3 is 0 Å². The zero-order valence-electron chi connectivity index (χ0n) is 12.7. The van der Waals surface area contributed by atoms with Gasteiger partial charge in [-0.15, -0.1) is 11.6 Å². The maximum atomic E-state index is 6.33. The fourth-order valence-electron chi connectivity index (χ4n) is 3.23. The average Bonchev–Trinajstić information content (AvgIpc) is 2.86. The predicted octanol–water partition coefficient (Wildman–Crippen LogP) is 4.32. The molecule has 1 unspecified atom stereocenters. The van der Waals surface area contributed by atoms with Crippen LogP contribution in [0.2, 0.25) is 0 Å². The zero-order chi connectivity index (χ0) is 14.8.